The molecule has 27 heavy (non-hydrogen) atoms. The van der Waals surface area contributed by atoms with Crippen molar-refractivity contribution in [2.75, 3.05) is 26.7 Å². The Hall–Kier alpha value is -2.11. The highest BCUT2D eigenvalue weighted by atomic mass is 32.1. The van der Waals surface area contributed by atoms with Crippen molar-refractivity contribution in [1.82, 2.24) is 4.90 Å². The van der Waals surface area contributed by atoms with E-state index >= 15 is 0 Å². The molecule has 1 aliphatic heterocycles. The number of aliphatic carboxylic acids is 1. The maximum atomic E-state index is 11.3. The molecular formula is C22H27NO3S. The molecule has 0 bridgehead atoms. The van der Waals surface area contributed by atoms with Crippen LogP contribution in [0, 0.1) is 12.8 Å². The van der Waals surface area contributed by atoms with Gasteiger partial charge in [0.25, 0.3) is 0 Å². The zero-order valence-electron chi connectivity index (χ0n) is 16.0. The van der Waals surface area contributed by atoms with E-state index in [4.69, 9.17) is 4.74 Å². The smallest absolute Gasteiger partial charge is 0.307 e. The van der Waals surface area contributed by atoms with Crippen LogP contribution in [0.15, 0.2) is 41.8 Å². The van der Waals surface area contributed by atoms with Gasteiger partial charge in [0.05, 0.1) is 13.0 Å². The van der Waals surface area contributed by atoms with E-state index in [-0.39, 0.29) is 5.92 Å². The Kier molecular flexibility index (Phi) is 6.69. The first-order valence-corrected chi connectivity index (χ1v) is 10.3. The van der Waals surface area contributed by atoms with Crippen LogP contribution >= 0.6 is 11.3 Å². The number of ether oxygens (including phenoxy) is 1. The molecule has 1 atom stereocenters. The number of carboxylic acid groups (broad SMARTS) is 1. The lowest BCUT2D eigenvalue weighted by Gasteiger charge is -2.30. The second-order valence-corrected chi connectivity index (χ2v) is 7.97. The highest BCUT2D eigenvalue weighted by Crippen LogP contribution is 2.32. The number of methoxy groups -OCH3 is 1. The van der Waals surface area contributed by atoms with Gasteiger partial charge in [0.1, 0.15) is 5.75 Å². The molecule has 1 aromatic heterocycles. The fourth-order valence-electron chi connectivity index (χ4n) is 3.63. The number of carbonyl (C=O) groups is 1. The van der Waals surface area contributed by atoms with E-state index in [9.17, 15) is 9.90 Å². The predicted molar refractivity (Wildman–Crippen MR) is 111 cm³/mol. The van der Waals surface area contributed by atoms with Crippen molar-refractivity contribution in [3.63, 3.8) is 0 Å². The molecule has 1 N–H and O–H groups in total. The van der Waals surface area contributed by atoms with Gasteiger partial charge in [0, 0.05) is 18.0 Å². The molecule has 0 aliphatic carbocycles. The van der Waals surface area contributed by atoms with Crippen LogP contribution in [0.3, 0.4) is 0 Å². The number of hydrogen-bond donors (Lipinski definition) is 1. The number of benzene rings is 1. The van der Waals surface area contributed by atoms with Gasteiger partial charge in [-0.05, 0) is 73.0 Å². The largest absolute Gasteiger partial charge is 0.497 e. The van der Waals surface area contributed by atoms with Crippen LogP contribution in [0.25, 0.3) is 5.57 Å². The summed E-state index contributed by atoms with van der Waals surface area (Å²) < 4.78 is 5.40. The Morgan fingerprint density at radius 2 is 2.26 bits per heavy atom. The van der Waals surface area contributed by atoms with E-state index in [2.05, 4.69) is 41.5 Å². The minimum absolute atomic E-state index is 0.222. The van der Waals surface area contributed by atoms with Gasteiger partial charge in [-0.1, -0.05) is 18.2 Å². The number of hydrogen-bond acceptors (Lipinski definition) is 4. The summed E-state index contributed by atoms with van der Waals surface area (Å²) in [7, 11) is 1.69. The molecule has 0 spiro atoms. The van der Waals surface area contributed by atoms with Crippen LogP contribution in [0.5, 0.6) is 5.75 Å². The van der Waals surface area contributed by atoms with Gasteiger partial charge < -0.3 is 14.7 Å². The normalized spacial score (nSPS) is 18.4. The van der Waals surface area contributed by atoms with E-state index in [1.807, 2.05) is 12.1 Å². The maximum absolute atomic E-state index is 11.3. The Morgan fingerprint density at radius 3 is 2.96 bits per heavy atom. The van der Waals surface area contributed by atoms with Crippen LogP contribution < -0.4 is 4.74 Å². The Labute approximate surface area is 165 Å². The summed E-state index contributed by atoms with van der Waals surface area (Å²) in [5.74, 6) is -0.0328. The molecule has 3 rings (SSSR count). The van der Waals surface area contributed by atoms with Crippen LogP contribution in [-0.2, 0) is 4.79 Å². The predicted octanol–water partition coefficient (Wildman–Crippen LogP) is 4.68. The Morgan fingerprint density at radius 1 is 1.41 bits per heavy atom. The molecule has 1 aliphatic rings. The zero-order chi connectivity index (χ0) is 19.2. The van der Waals surface area contributed by atoms with E-state index < -0.39 is 5.97 Å². The van der Waals surface area contributed by atoms with Crippen molar-refractivity contribution in [3.05, 3.63) is 57.8 Å². The van der Waals surface area contributed by atoms with E-state index in [0.29, 0.717) is 6.54 Å². The molecule has 1 unspecified atom stereocenters. The highest BCUT2D eigenvalue weighted by molar-refractivity contribution is 7.11. The number of rotatable bonds is 7. The molecule has 4 nitrogen and oxygen atoms in total. The standard InChI is InChI=1S/C22H27NO3S/c1-16-10-13-27-21(16)20(17-6-3-8-19(14-17)26-2)9-5-12-23-11-4-7-18(15-23)22(24)25/h3,6,8-10,13-14,18H,4-5,7,11-12,15H2,1-2H3,(H,24,25). The molecule has 5 heteroatoms. The summed E-state index contributed by atoms with van der Waals surface area (Å²) in [4.78, 5) is 14.8. The van der Waals surface area contributed by atoms with Crippen LogP contribution in [0.2, 0.25) is 0 Å². The summed E-state index contributed by atoms with van der Waals surface area (Å²) in [6.45, 7) is 4.68. The number of aryl methyl sites for hydroxylation is 1. The van der Waals surface area contributed by atoms with Crippen molar-refractivity contribution in [1.29, 1.82) is 0 Å². The average Bonchev–Trinajstić information content (AvgIpc) is 3.11. The molecule has 144 valence electrons. The van der Waals surface area contributed by atoms with Crippen molar-refractivity contribution in [2.24, 2.45) is 5.92 Å². The third-order valence-electron chi connectivity index (χ3n) is 5.14. The van der Waals surface area contributed by atoms with E-state index in [0.717, 1.165) is 43.7 Å². The van der Waals surface area contributed by atoms with Crippen molar-refractivity contribution >= 4 is 22.9 Å². The Bertz CT molecular complexity index is 811. The lowest BCUT2D eigenvalue weighted by molar-refractivity contribution is -0.143. The molecule has 0 saturated carbocycles. The topological polar surface area (TPSA) is 49.8 Å². The second-order valence-electron chi connectivity index (χ2n) is 7.05. The molecule has 2 aromatic rings. The van der Waals surface area contributed by atoms with Gasteiger partial charge in [-0.3, -0.25) is 4.79 Å². The SMILES string of the molecule is COc1cccc(C(=CCCN2CCCC(C(=O)O)C2)c2sccc2C)c1. The van der Waals surface area contributed by atoms with Gasteiger partial charge in [-0.25, -0.2) is 0 Å². The van der Waals surface area contributed by atoms with Crippen molar-refractivity contribution < 1.29 is 14.6 Å². The number of nitrogens with zero attached hydrogens (tertiary/aromatic N) is 1. The molecule has 0 amide bonds. The van der Waals surface area contributed by atoms with Crippen LogP contribution in [0.1, 0.15) is 35.3 Å². The minimum Gasteiger partial charge on any atom is -0.497 e. The molecular weight excluding hydrogens is 358 g/mol. The lowest BCUT2D eigenvalue weighted by atomic mass is 9.97. The molecule has 2 heterocycles. The quantitative estimate of drug-likeness (QED) is 0.752. The van der Waals surface area contributed by atoms with Crippen LogP contribution in [0.4, 0.5) is 0 Å². The van der Waals surface area contributed by atoms with Crippen LogP contribution in [-0.4, -0.2) is 42.7 Å². The number of piperidine rings is 1. The molecule has 1 fully saturated rings. The fraction of sp³-hybridized carbons (Fsp3) is 0.409. The summed E-state index contributed by atoms with van der Waals surface area (Å²) in [6, 6.07) is 10.3. The first-order valence-electron chi connectivity index (χ1n) is 9.42. The van der Waals surface area contributed by atoms with Gasteiger partial charge in [0.15, 0.2) is 0 Å². The van der Waals surface area contributed by atoms with Crippen molar-refractivity contribution in [3.8, 4) is 5.75 Å². The minimum atomic E-state index is -0.665. The fourth-order valence-corrected chi connectivity index (χ4v) is 4.62. The monoisotopic (exact) mass is 385 g/mol. The third-order valence-corrected chi connectivity index (χ3v) is 6.19. The first-order chi connectivity index (χ1) is 13.1. The van der Waals surface area contributed by atoms with Crippen molar-refractivity contribution in [2.45, 2.75) is 26.2 Å². The van der Waals surface area contributed by atoms with E-state index in [1.165, 1.54) is 16.0 Å². The Balaban J connectivity index is 1.77. The molecule has 1 aromatic carbocycles. The summed E-state index contributed by atoms with van der Waals surface area (Å²) in [5.41, 5.74) is 3.66. The number of thiophene rings is 1. The number of likely N-dealkylation sites (tertiary alicyclic amines) is 1. The lowest BCUT2D eigenvalue weighted by Crippen LogP contribution is -2.39. The van der Waals surface area contributed by atoms with Gasteiger partial charge in [-0.2, -0.15) is 0 Å². The average molecular weight is 386 g/mol. The van der Waals surface area contributed by atoms with Gasteiger partial charge in [0.2, 0.25) is 0 Å². The third kappa shape index (κ3) is 4.99. The van der Waals surface area contributed by atoms with Gasteiger partial charge >= 0.3 is 5.97 Å². The zero-order valence-corrected chi connectivity index (χ0v) is 16.8. The first kappa shape index (κ1) is 19.6. The summed E-state index contributed by atoms with van der Waals surface area (Å²) in [6.07, 6.45) is 4.95. The highest BCUT2D eigenvalue weighted by Gasteiger charge is 2.24. The van der Waals surface area contributed by atoms with Gasteiger partial charge in [-0.15, -0.1) is 11.3 Å². The maximum Gasteiger partial charge on any atom is 0.307 e. The number of carboxylic acids is 1. The van der Waals surface area contributed by atoms with E-state index in [1.54, 1.807) is 18.4 Å². The summed E-state index contributed by atoms with van der Waals surface area (Å²) >= 11 is 1.76. The molecule has 0 radical (unpaired) electrons. The summed E-state index contributed by atoms with van der Waals surface area (Å²) in [5, 5.41) is 11.4. The molecule has 1 saturated heterocycles. The second kappa shape index (κ2) is 9.20.